The highest BCUT2D eigenvalue weighted by Gasteiger charge is 2.29. The molecule has 1 aromatic heterocycles. The molecule has 0 spiro atoms. The van der Waals surface area contributed by atoms with Crippen molar-refractivity contribution in [2.75, 3.05) is 6.61 Å². The van der Waals surface area contributed by atoms with E-state index in [0.717, 1.165) is 17.8 Å². The standard InChI is InChI=1S/C14H12FNO3S/c15-9-4-1-3-8(7-9)14-16-13(18)12(20-14)11(17)10-5-2-6-19-10/h1,3-4,7,10,18H,2,5-6H2. The molecule has 1 fully saturated rings. The van der Waals surface area contributed by atoms with E-state index < -0.39 is 6.10 Å². The predicted molar refractivity (Wildman–Crippen MR) is 72.5 cm³/mol. The van der Waals surface area contributed by atoms with Crippen molar-refractivity contribution in [2.24, 2.45) is 0 Å². The summed E-state index contributed by atoms with van der Waals surface area (Å²) in [6.07, 6.45) is 1.000. The van der Waals surface area contributed by atoms with E-state index in [1.807, 2.05) is 0 Å². The normalized spacial score (nSPS) is 18.4. The van der Waals surface area contributed by atoms with Gasteiger partial charge in [-0.3, -0.25) is 4.79 Å². The third kappa shape index (κ3) is 2.44. The topological polar surface area (TPSA) is 59.4 Å². The van der Waals surface area contributed by atoms with Gasteiger partial charge in [0.15, 0.2) is 0 Å². The molecule has 1 aromatic carbocycles. The molecule has 20 heavy (non-hydrogen) atoms. The summed E-state index contributed by atoms with van der Waals surface area (Å²) in [6.45, 7) is 0.562. The summed E-state index contributed by atoms with van der Waals surface area (Å²) in [6, 6.07) is 5.89. The number of thiazole rings is 1. The first-order valence-electron chi connectivity index (χ1n) is 6.26. The van der Waals surface area contributed by atoms with Gasteiger partial charge < -0.3 is 9.84 Å². The number of hydrogen-bond acceptors (Lipinski definition) is 5. The molecule has 0 amide bonds. The van der Waals surface area contributed by atoms with E-state index in [1.165, 1.54) is 12.1 Å². The van der Waals surface area contributed by atoms with E-state index in [-0.39, 0.29) is 22.4 Å². The van der Waals surface area contributed by atoms with E-state index in [2.05, 4.69) is 4.98 Å². The smallest absolute Gasteiger partial charge is 0.233 e. The molecule has 0 radical (unpaired) electrons. The molecular formula is C14H12FNO3S. The van der Waals surface area contributed by atoms with Gasteiger partial charge >= 0.3 is 0 Å². The van der Waals surface area contributed by atoms with Gasteiger partial charge in [-0.25, -0.2) is 9.37 Å². The molecule has 1 aliphatic heterocycles. The Kier molecular flexibility index (Phi) is 3.50. The van der Waals surface area contributed by atoms with Crippen molar-refractivity contribution in [3.63, 3.8) is 0 Å². The first-order chi connectivity index (χ1) is 9.65. The van der Waals surface area contributed by atoms with Crippen LogP contribution in [-0.2, 0) is 4.74 Å². The first-order valence-corrected chi connectivity index (χ1v) is 7.08. The van der Waals surface area contributed by atoms with E-state index in [4.69, 9.17) is 4.74 Å². The van der Waals surface area contributed by atoms with Gasteiger partial charge in [-0.2, -0.15) is 0 Å². The summed E-state index contributed by atoms with van der Waals surface area (Å²) >= 11 is 1.06. The number of aromatic nitrogens is 1. The van der Waals surface area contributed by atoms with E-state index in [0.29, 0.717) is 23.6 Å². The van der Waals surface area contributed by atoms with Crippen molar-refractivity contribution >= 4 is 17.1 Å². The van der Waals surface area contributed by atoms with Crippen molar-refractivity contribution in [1.29, 1.82) is 0 Å². The second-order valence-electron chi connectivity index (χ2n) is 4.55. The highest BCUT2D eigenvalue weighted by Crippen LogP contribution is 2.34. The van der Waals surface area contributed by atoms with E-state index in [9.17, 15) is 14.3 Å². The molecular weight excluding hydrogens is 281 g/mol. The number of Topliss-reactive ketones (excluding diaryl/α,β-unsaturated/α-hetero) is 1. The van der Waals surface area contributed by atoms with Crippen LogP contribution in [0.15, 0.2) is 24.3 Å². The van der Waals surface area contributed by atoms with Crippen LogP contribution in [0.3, 0.4) is 0 Å². The van der Waals surface area contributed by atoms with Crippen LogP contribution in [0.2, 0.25) is 0 Å². The van der Waals surface area contributed by atoms with Crippen molar-refractivity contribution < 1.29 is 19.0 Å². The largest absolute Gasteiger partial charge is 0.492 e. The summed E-state index contributed by atoms with van der Waals surface area (Å²) in [5.74, 6) is -0.945. The Morgan fingerprint density at radius 2 is 2.35 bits per heavy atom. The Labute approximate surface area is 118 Å². The zero-order valence-corrected chi connectivity index (χ0v) is 11.3. The van der Waals surface area contributed by atoms with E-state index >= 15 is 0 Å². The Bertz CT molecular complexity index is 650. The maximum Gasteiger partial charge on any atom is 0.233 e. The van der Waals surface area contributed by atoms with Crippen molar-refractivity contribution in [3.05, 3.63) is 35.0 Å². The Balaban J connectivity index is 1.92. The second-order valence-corrected chi connectivity index (χ2v) is 5.55. The van der Waals surface area contributed by atoms with Crippen LogP contribution in [0.25, 0.3) is 10.6 Å². The molecule has 3 rings (SSSR count). The second kappa shape index (κ2) is 5.30. The number of carbonyl (C=O) groups excluding carboxylic acids is 1. The lowest BCUT2D eigenvalue weighted by Crippen LogP contribution is -2.18. The average molecular weight is 293 g/mol. The number of benzene rings is 1. The van der Waals surface area contributed by atoms with Gasteiger partial charge in [0, 0.05) is 12.2 Å². The van der Waals surface area contributed by atoms with Crippen molar-refractivity contribution in [2.45, 2.75) is 18.9 Å². The lowest BCUT2D eigenvalue weighted by Gasteiger charge is -2.05. The molecule has 1 aliphatic rings. The van der Waals surface area contributed by atoms with Crippen LogP contribution in [0, 0.1) is 5.82 Å². The molecule has 1 N–H and O–H groups in total. The zero-order valence-electron chi connectivity index (χ0n) is 10.5. The third-order valence-electron chi connectivity index (χ3n) is 3.13. The van der Waals surface area contributed by atoms with Gasteiger partial charge in [0.05, 0.1) is 0 Å². The number of aromatic hydroxyl groups is 1. The highest BCUT2D eigenvalue weighted by molar-refractivity contribution is 7.17. The maximum atomic E-state index is 13.2. The molecule has 6 heteroatoms. The van der Waals surface area contributed by atoms with Crippen LogP contribution < -0.4 is 0 Å². The quantitative estimate of drug-likeness (QED) is 0.884. The average Bonchev–Trinajstić information content (AvgIpc) is 3.07. The van der Waals surface area contributed by atoms with Gasteiger partial charge in [-0.15, -0.1) is 11.3 Å². The molecule has 0 aliphatic carbocycles. The minimum atomic E-state index is -0.498. The Hall–Kier alpha value is -1.79. The van der Waals surface area contributed by atoms with Gasteiger partial charge in [0.25, 0.3) is 0 Å². The zero-order chi connectivity index (χ0) is 14.1. The molecule has 2 heterocycles. The van der Waals surface area contributed by atoms with Crippen LogP contribution in [-0.4, -0.2) is 28.6 Å². The van der Waals surface area contributed by atoms with Gasteiger partial charge in [-0.1, -0.05) is 12.1 Å². The molecule has 1 unspecified atom stereocenters. The number of nitrogens with zero attached hydrogens (tertiary/aromatic N) is 1. The van der Waals surface area contributed by atoms with Gasteiger partial charge in [0.1, 0.15) is 21.8 Å². The van der Waals surface area contributed by atoms with Crippen molar-refractivity contribution in [3.8, 4) is 16.5 Å². The number of halogens is 1. The number of ketones is 1. The minimum Gasteiger partial charge on any atom is -0.492 e. The van der Waals surface area contributed by atoms with Crippen molar-refractivity contribution in [1.82, 2.24) is 4.98 Å². The number of ether oxygens (including phenoxy) is 1. The van der Waals surface area contributed by atoms with Crippen LogP contribution >= 0.6 is 11.3 Å². The van der Waals surface area contributed by atoms with Crippen LogP contribution in [0.1, 0.15) is 22.5 Å². The van der Waals surface area contributed by atoms with E-state index in [1.54, 1.807) is 12.1 Å². The molecule has 1 atom stereocenters. The SMILES string of the molecule is O=C(c1sc(-c2cccc(F)c2)nc1O)C1CCCO1. The fourth-order valence-electron chi connectivity index (χ4n) is 2.15. The first kappa shape index (κ1) is 13.2. The predicted octanol–water partition coefficient (Wildman–Crippen LogP) is 3.02. The lowest BCUT2D eigenvalue weighted by molar-refractivity contribution is 0.0644. The monoisotopic (exact) mass is 293 g/mol. The molecule has 0 saturated carbocycles. The number of rotatable bonds is 3. The minimum absolute atomic E-state index is 0.177. The van der Waals surface area contributed by atoms with Crippen LogP contribution in [0.4, 0.5) is 4.39 Å². The molecule has 4 nitrogen and oxygen atoms in total. The summed E-state index contributed by atoms with van der Waals surface area (Å²) in [4.78, 5) is 16.3. The number of carbonyl (C=O) groups is 1. The van der Waals surface area contributed by atoms with Gasteiger partial charge in [0.2, 0.25) is 11.7 Å². The van der Waals surface area contributed by atoms with Crippen LogP contribution in [0.5, 0.6) is 5.88 Å². The maximum absolute atomic E-state index is 13.2. The molecule has 2 aromatic rings. The molecule has 1 saturated heterocycles. The fraction of sp³-hybridized carbons (Fsp3) is 0.286. The summed E-state index contributed by atoms with van der Waals surface area (Å²) in [5, 5.41) is 10.2. The number of hydrogen-bond donors (Lipinski definition) is 1. The Morgan fingerprint density at radius 1 is 1.50 bits per heavy atom. The summed E-state index contributed by atoms with van der Waals surface area (Å²) < 4.78 is 18.5. The summed E-state index contributed by atoms with van der Waals surface area (Å²) in [5.41, 5.74) is 0.539. The lowest BCUT2D eigenvalue weighted by atomic mass is 10.1. The molecule has 104 valence electrons. The Morgan fingerprint density at radius 3 is 3.05 bits per heavy atom. The fourth-order valence-corrected chi connectivity index (χ4v) is 3.09. The third-order valence-corrected chi connectivity index (χ3v) is 4.23. The highest BCUT2D eigenvalue weighted by atomic mass is 32.1. The van der Waals surface area contributed by atoms with Gasteiger partial charge in [-0.05, 0) is 25.0 Å². The molecule has 0 bridgehead atoms. The summed E-state index contributed by atoms with van der Waals surface area (Å²) in [7, 11) is 0.